The van der Waals surface area contributed by atoms with Crippen molar-refractivity contribution in [3.05, 3.63) is 52.3 Å². The summed E-state index contributed by atoms with van der Waals surface area (Å²) < 4.78 is 2.94. The number of benzene rings is 1. The third kappa shape index (κ3) is 2.87. The molecule has 3 aromatic rings. The zero-order valence-electron chi connectivity index (χ0n) is 13.8. The third-order valence-electron chi connectivity index (χ3n) is 4.60. The second-order valence-corrected chi connectivity index (χ2v) is 6.71. The predicted molar refractivity (Wildman–Crippen MR) is 97.3 cm³/mol. The highest BCUT2D eigenvalue weighted by Crippen LogP contribution is 2.21. The Balaban J connectivity index is 1.62. The summed E-state index contributed by atoms with van der Waals surface area (Å²) in [6.07, 6.45) is 4.00. The molecule has 24 heavy (non-hydrogen) atoms. The van der Waals surface area contributed by atoms with Crippen LogP contribution in [0.5, 0.6) is 0 Å². The van der Waals surface area contributed by atoms with E-state index in [1.165, 1.54) is 16.8 Å². The third-order valence-corrected chi connectivity index (χ3v) is 4.81. The first-order valence-corrected chi connectivity index (χ1v) is 8.89. The molecule has 1 aromatic carbocycles. The average Bonchev–Trinajstić information content (AvgIpc) is 2.93. The van der Waals surface area contributed by atoms with Gasteiger partial charge in [-0.05, 0) is 30.8 Å². The van der Waals surface area contributed by atoms with Crippen LogP contribution >= 0.6 is 12.2 Å². The van der Waals surface area contributed by atoms with E-state index in [9.17, 15) is 0 Å². The summed E-state index contributed by atoms with van der Waals surface area (Å²) in [5, 5.41) is 0. The molecule has 0 saturated carbocycles. The second kappa shape index (κ2) is 6.45. The molecule has 3 heterocycles. The van der Waals surface area contributed by atoms with Gasteiger partial charge in [0.05, 0.1) is 17.6 Å². The maximum atomic E-state index is 5.12. The first-order valence-electron chi connectivity index (χ1n) is 8.48. The summed E-state index contributed by atoms with van der Waals surface area (Å²) in [4.78, 5) is 14.8. The van der Waals surface area contributed by atoms with E-state index in [1.807, 2.05) is 6.20 Å². The maximum absolute atomic E-state index is 5.12. The van der Waals surface area contributed by atoms with Crippen molar-refractivity contribution in [3.8, 4) is 0 Å². The van der Waals surface area contributed by atoms with Gasteiger partial charge in [0.1, 0.15) is 5.82 Å². The molecule has 1 aliphatic heterocycles. The summed E-state index contributed by atoms with van der Waals surface area (Å²) in [6, 6.07) is 8.41. The van der Waals surface area contributed by atoms with Crippen LogP contribution in [-0.2, 0) is 26.1 Å². The van der Waals surface area contributed by atoms with Gasteiger partial charge in [0.2, 0.25) is 0 Å². The Bertz CT molecular complexity index is 927. The number of hydrogen-bond donors (Lipinski definition) is 1. The highest BCUT2D eigenvalue weighted by Gasteiger charge is 2.19. The largest absolute Gasteiger partial charge is 0.334 e. The molecule has 1 N–H and O–H groups in total. The Labute approximate surface area is 146 Å². The van der Waals surface area contributed by atoms with Crippen LogP contribution in [0.25, 0.3) is 11.0 Å². The van der Waals surface area contributed by atoms with E-state index in [-0.39, 0.29) is 0 Å². The van der Waals surface area contributed by atoms with Crippen LogP contribution in [0.2, 0.25) is 0 Å². The van der Waals surface area contributed by atoms with Gasteiger partial charge in [0.15, 0.2) is 4.77 Å². The molecule has 0 amide bonds. The number of para-hydroxylation sites is 2. The number of aromatic amines is 1. The molecule has 4 rings (SSSR count). The van der Waals surface area contributed by atoms with Gasteiger partial charge in [-0.1, -0.05) is 19.1 Å². The lowest BCUT2D eigenvalue weighted by Crippen LogP contribution is -2.32. The predicted octanol–water partition coefficient (Wildman–Crippen LogP) is 3.46. The van der Waals surface area contributed by atoms with Gasteiger partial charge < -0.3 is 9.55 Å². The van der Waals surface area contributed by atoms with Crippen molar-refractivity contribution in [3.63, 3.8) is 0 Å². The molecule has 0 unspecified atom stereocenters. The first kappa shape index (κ1) is 15.5. The van der Waals surface area contributed by atoms with E-state index in [0.717, 1.165) is 50.4 Å². The molecule has 0 saturated heterocycles. The van der Waals surface area contributed by atoms with Gasteiger partial charge in [-0.25, -0.2) is 9.97 Å². The van der Waals surface area contributed by atoms with E-state index in [1.54, 1.807) is 0 Å². The Hall–Kier alpha value is -2.05. The van der Waals surface area contributed by atoms with Crippen LogP contribution in [0.1, 0.15) is 30.4 Å². The molecule has 0 bridgehead atoms. The Morgan fingerprint density at radius 2 is 2.17 bits per heavy atom. The minimum atomic E-state index is 0.576. The van der Waals surface area contributed by atoms with E-state index in [2.05, 4.69) is 50.6 Å². The lowest BCUT2D eigenvalue weighted by Gasteiger charge is -2.28. The number of aromatic nitrogens is 4. The molecular formula is C18H21N5S. The number of hydrogen-bond acceptors (Lipinski definition) is 4. The van der Waals surface area contributed by atoms with Crippen LogP contribution < -0.4 is 0 Å². The molecule has 0 aliphatic carbocycles. The topological polar surface area (TPSA) is 49.7 Å². The van der Waals surface area contributed by atoms with Gasteiger partial charge in [-0.2, -0.15) is 0 Å². The molecule has 124 valence electrons. The standard InChI is InChI=1S/C18H21N5S/c1-2-8-23-16-6-4-3-5-15(16)20-17(23)12-22-9-7-14-13(11-22)10-19-18(24)21-14/h3-6,10H,2,7-9,11-12H2,1H3,(H,19,21,24). The van der Waals surface area contributed by atoms with Gasteiger partial charge in [-0.15, -0.1) is 0 Å². The van der Waals surface area contributed by atoms with Crippen molar-refractivity contribution in [2.45, 2.75) is 39.4 Å². The van der Waals surface area contributed by atoms with Crippen molar-refractivity contribution in [2.24, 2.45) is 0 Å². The molecule has 2 aromatic heterocycles. The normalized spacial score (nSPS) is 14.9. The number of aryl methyl sites for hydroxylation is 1. The first-order chi connectivity index (χ1) is 11.7. The SMILES string of the molecule is CCCn1c(CN2CCc3[nH]c(=S)ncc3C2)nc2ccccc21. The zero-order chi connectivity index (χ0) is 16.5. The molecular weight excluding hydrogens is 318 g/mol. The van der Waals surface area contributed by atoms with Crippen molar-refractivity contribution >= 4 is 23.3 Å². The Kier molecular flexibility index (Phi) is 4.16. The number of imidazole rings is 1. The molecule has 0 spiro atoms. The van der Waals surface area contributed by atoms with Crippen molar-refractivity contribution in [2.75, 3.05) is 6.54 Å². The number of fused-ring (bicyclic) bond motifs is 2. The summed E-state index contributed by atoms with van der Waals surface area (Å²) in [5.74, 6) is 1.15. The van der Waals surface area contributed by atoms with Gasteiger partial charge in [0.25, 0.3) is 0 Å². The maximum Gasteiger partial charge on any atom is 0.196 e. The lowest BCUT2D eigenvalue weighted by atomic mass is 10.1. The Morgan fingerprint density at radius 3 is 3.04 bits per heavy atom. The number of nitrogens with zero attached hydrogens (tertiary/aromatic N) is 4. The minimum absolute atomic E-state index is 0.576. The second-order valence-electron chi connectivity index (χ2n) is 6.32. The highest BCUT2D eigenvalue weighted by atomic mass is 32.1. The zero-order valence-corrected chi connectivity index (χ0v) is 14.6. The molecule has 1 aliphatic rings. The van der Waals surface area contributed by atoms with E-state index < -0.39 is 0 Å². The summed E-state index contributed by atoms with van der Waals surface area (Å²) >= 11 is 5.12. The summed E-state index contributed by atoms with van der Waals surface area (Å²) in [5.41, 5.74) is 4.79. The number of H-pyrrole nitrogens is 1. The minimum Gasteiger partial charge on any atom is -0.334 e. The van der Waals surface area contributed by atoms with Crippen LogP contribution in [0.3, 0.4) is 0 Å². The van der Waals surface area contributed by atoms with Crippen LogP contribution in [0.4, 0.5) is 0 Å². The van der Waals surface area contributed by atoms with Crippen LogP contribution in [0, 0.1) is 4.77 Å². The molecule has 5 nitrogen and oxygen atoms in total. The molecule has 0 fully saturated rings. The highest BCUT2D eigenvalue weighted by molar-refractivity contribution is 7.71. The smallest absolute Gasteiger partial charge is 0.196 e. The van der Waals surface area contributed by atoms with Crippen LogP contribution in [0.15, 0.2) is 30.5 Å². The fourth-order valence-electron chi connectivity index (χ4n) is 3.46. The van der Waals surface area contributed by atoms with Crippen molar-refractivity contribution in [1.29, 1.82) is 0 Å². The van der Waals surface area contributed by atoms with Gasteiger partial charge >= 0.3 is 0 Å². The van der Waals surface area contributed by atoms with Gasteiger partial charge in [0, 0.05) is 43.5 Å². The van der Waals surface area contributed by atoms with Crippen molar-refractivity contribution in [1.82, 2.24) is 24.4 Å². The quantitative estimate of drug-likeness (QED) is 0.740. The van der Waals surface area contributed by atoms with E-state index in [4.69, 9.17) is 17.2 Å². The van der Waals surface area contributed by atoms with Crippen molar-refractivity contribution < 1.29 is 0 Å². The summed E-state index contributed by atoms with van der Waals surface area (Å²) in [7, 11) is 0. The van der Waals surface area contributed by atoms with Crippen LogP contribution in [-0.4, -0.2) is 31.0 Å². The molecule has 6 heteroatoms. The van der Waals surface area contributed by atoms with Gasteiger partial charge in [-0.3, -0.25) is 4.90 Å². The fraction of sp³-hybridized carbons (Fsp3) is 0.389. The summed E-state index contributed by atoms with van der Waals surface area (Å²) in [6.45, 7) is 5.99. The fourth-order valence-corrected chi connectivity index (χ4v) is 3.64. The van der Waals surface area contributed by atoms with E-state index >= 15 is 0 Å². The Morgan fingerprint density at radius 1 is 1.29 bits per heavy atom. The molecule has 0 atom stereocenters. The molecule has 0 radical (unpaired) electrons. The average molecular weight is 339 g/mol. The van der Waals surface area contributed by atoms with E-state index in [0.29, 0.717) is 4.77 Å². The lowest BCUT2D eigenvalue weighted by molar-refractivity contribution is 0.233. The number of rotatable bonds is 4. The monoisotopic (exact) mass is 339 g/mol. The number of nitrogens with one attached hydrogen (secondary N) is 1.